The van der Waals surface area contributed by atoms with E-state index in [2.05, 4.69) is 31.5 Å². The molecule has 0 radical (unpaired) electrons. The quantitative estimate of drug-likeness (QED) is 0.705. The van der Waals surface area contributed by atoms with Crippen LogP contribution < -0.4 is 5.73 Å². The van der Waals surface area contributed by atoms with Crippen molar-refractivity contribution >= 4 is 33.2 Å². The number of hydrogen-bond donors (Lipinski definition) is 1. The summed E-state index contributed by atoms with van der Waals surface area (Å²) in [6.45, 7) is 2.01. The van der Waals surface area contributed by atoms with E-state index in [1.807, 2.05) is 25.1 Å². The molecule has 3 aromatic rings. The molecular formula is C14H11BrClN5. The summed E-state index contributed by atoms with van der Waals surface area (Å²) in [5, 5.41) is 12.5. The summed E-state index contributed by atoms with van der Waals surface area (Å²) in [5.74, 6) is 0.579. The van der Waals surface area contributed by atoms with E-state index in [9.17, 15) is 0 Å². The van der Waals surface area contributed by atoms with Gasteiger partial charge in [0.25, 0.3) is 0 Å². The summed E-state index contributed by atoms with van der Waals surface area (Å²) < 4.78 is 2.59. The monoisotopic (exact) mass is 363 g/mol. The van der Waals surface area contributed by atoms with E-state index >= 15 is 0 Å². The molecule has 0 atom stereocenters. The van der Waals surface area contributed by atoms with E-state index in [1.165, 1.54) is 0 Å². The second kappa shape index (κ2) is 5.46. The molecule has 0 saturated heterocycles. The molecule has 0 amide bonds. The lowest BCUT2D eigenvalue weighted by Gasteiger charge is -2.09. The molecule has 5 nitrogen and oxygen atoms in total. The molecule has 1 heterocycles. The molecule has 21 heavy (non-hydrogen) atoms. The fourth-order valence-electron chi connectivity index (χ4n) is 2.07. The Balaban J connectivity index is 2.19. The Morgan fingerprint density at radius 1 is 1.24 bits per heavy atom. The van der Waals surface area contributed by atoms with Crippen LogP contribution in [0, 0.1) is 6.92 Å². The smallest absolute Gasteiger partial charge is 0.187 e. The number of nitrogen functional groups attached to an aromatic ring is 1. The van der Waals surface area contributed by atoms with Gasteiger partial charge in [0.15, 0.2) is 5.82 Å². The Morgan fingerprint density at radius 3 is 2.81 bits per heavy atom. The largest absolute Gasteiger partial charge is 0.399 e. The first-order valence-corrected chi connectivity index (χ1v) is 7.33. The molecule has 0 aliphatic rings. The average molecular weight is 365 g/mol. The van der Waals surface area contributed by atoms with E-state index in [0.29, 0.717) is 16.5 Å². The van der Waals surface area contributed by atoms with Crippen molar-refractivity contribution in [3.05, 3.63) is 51.5 Å². The van der Waals surface area contributed by atoms with Crippen molar-refractivity contribution in [1.29, 1.82) is 0 Å². The van der Waals surface area contributed by atoms with Gasteiger partial charge in [0, 0.05) is 20.7 Å². The van der Waals surface area contributed by atoms with E-state index in [0.717, 1.165) is 21.3 Å². The third-order valence-corrected chi connectivity index (χ3v) is 4.30. The molecule has 1 aromatic heterocycles. The van der Waals surface area contributed by atoms with Gasteiger partial charge < -0.3 is 5.73 Å². The number of aryl methyl sites for hydroxylation is 1. The maximum Gasteiger partial charge on any atom is 0.187 e. The minimum absolute atomic E-state index is 0.544. The van der Waals surface area contributed by atoms with Crippen LogP contribution in [0.2, 0.25) is 5.02 Å². The SMILES string of the molecule is Cc1cccc(-n2nnnc2-c2cc(N)cc(Cl)c2)c1Br. The Labute approximate surface area is 134 Å². The first kappa shape index (κ1) is 14.0. The molecule has 0 spiro atoms. The topological polar surface area (TPSA) is 69.6 Å². The maximum atomic E-state index is 6.05. The lowest BCUT2D eigenvalue weighted by molar-refractivity contribution is 0.788. The van der Waals surface area contributed by atoms with Crippen molar-refractivity contribution < 1.29 is 0 Å². The van der Waals surface area contributed by atoms with Crippen LogP contribution >= 0.6 is 27.5 Å². The van der Waals surface area contributed by atoms with Crippen molar-refractivity contribution in [2.24, 2.45) is 0 Å². The van der Waals surface area contributed by atoms with Gasteiger partial charge in [0.05, 0.1) is 5.69 Å². The van der Waals surface area contributed by atoms with Gasteiger partial charge in [-0.05, 0) is 63.1 Å². The number of anilines is 1. The standard InChI is InChI=1S/C14H11BrClN5/c1-8-3-2-4-12(13(8)15)21-14(18-19-20-21)9-5-10(16)7-11(17)6-9/h2-7H,17H2,1H3. The van der Waals surface area contributed by atoms with Gasteiger partial charge >= 0.3 is 0 Å². The molecule has 0 aliphatic heterocycles. The van der Waals surface area contributed by atoms with E-state index < -0.39 is 0 Å². The minimum Gasteiger partial charge on any atom is -0.399 e. The first-order valence-electron chi connectivity index (χ1n) is 6.16. The van der Waals surface area contributed by atoms with Gasteiger partial charge in [0.2, 0.25) is 0 Å². The van der Waals surface area contributed by atoms with Crippen molar-refractivity contribution in [3.8, 4) is 17.1 Å². The lowest BCUT2D eigenvalue weighted by atomic mass is 10.1. The highest BCUT2D eigenvalue weighted by Gasteiger charge is 2.14. The fourth-order valence-corrected chi connectivity index (χ4v) is 2.74. The number of rotatable bonds is 2. The van der Waals surface area contributed by atoms with Gasteiger partial charge in [-0.1, -0.05) is 23.7 Å². The van der Waals surface area contributed by atoms with Crippen LogP contribution in [-0.2, 0) is 0 Å². The minimum atomic E-state index is 0.544. The molecule has 106 valence electrons. The zero-order valence-electron chi connectivity index (χ0n) is 11.1. The highest BCUT2D eigenvalue weighted by Crippen LogP contribution is 2.29. The van der Waals surface area contributed by atoms with E-state index in [1.54, 1.807) is 22.9 Å². The Hall–Kier alpha value is -1.92. The number of tetrazole rings is 1. The van der Waals surface area contributed by atoms with Gasteiger partial charge in [-0.3, -0.25) is 0 Å². The number of nitrogens with two attached hydrogens (primary N) is 1. The summed E-state index contributed by atoms with van der Waals surface area (Å²) in [4.78, 5) is 0. The number of halogens is 2. The summed E-state index contributed by atoms with van der Waals surface area (Å²) in [6.07, 6.45) is 0. The second-order valence-corrected chi connectivity index (χ2v) is 5.82. The second-order valence-electron chi connectivity index (χ2n) is 4.60. The van der Waals surface area contributed by atoms with Crippen LogP contribution in [0.25, 0.3) is 17.1 Å². The Bertz CT molecular complexity index is 795. The molecule has 0 bridgehead atoms. The molecule has 0 saturated carbocycles. The van der Waals surface area contributed by atoms with E-state index in [4.69, 9.17) is 17.3 Å². The Kier molecular flexibility index (Phi) is 3.65. The van der Waals surface area contributed by atoms with Crippen molar-refractivity contribution in [1.82, 2.24) is 20.2 Å². The average Bonchev–Trinajstić information content (AvgIpc) is 2.90. The molecule has 2 N–H and O–H groups in total. The third-order valence-electron chi connectivity index (χ3n) is 3.05. The summed E-state index contributed by atoms with van der Waals surface area (Å²) in [5.41, 5.74) is 9.12. The molecule has 3 rings (SSSR count). The first-order chi connectivity index (χ1) is 10.1. The van der Waals surface area contributed by atoms with Gasteiger partial charge in [-0.2, -0.15) is 4.68 Å². The van der Waals surface area contributed by atoms with Gasteiger partial charge in [-0.15, -0.1) is 5.10 Å². The van der Waals surface area contributed by atoms with Crippen molar-refractivity contribution in [2.45, 2.75) is 6.92 Å². The van der Waals surface area contributed by atoms with Crippen LogP contribution in [0.1, 0.15) is 5.56 Å². The highest BCUT2D eigenvalue weighted by atomic mass is 79.9. The van der Waals surface area contributed by atoms with Crippen molar-refractivity contribution in [2.75, 3.05) is 5.73 Å². The lowest BCUT2D eigenvalue weighted by Crippen LogP contribution is -2.02. The third kappa shape index (κ3) is 2.64. The molecular weight excluding hydrogens is 354 g/mol. The predicted molar refractivity (Wildman–Crippen MR) is 86.4 cm³/mol. The molecule has 0 unspecified atom stereocenters. The summed E-state index contributed by atoms with van der Waals surface area (Å²) in [7, 11) is 0. The Morgan fingerprint density at radius 2 is 2.05 bits per heavy atom. The van der Waals surface area contributed by atoms with Crippen LogP contribution in [-0.4, -0.2) is 20.2 Å². The van der Waals surface area contributed by atoms with Gasteiger partial charge in [-0.25, -0.2) is 0 Å². The summed E-state index contributed by atoms with van der Waals surface area (Å²) in [6, 6.07) is 11.1. The zero-order chi connectivity index (χ0) is 15.0. The molecule has 0 fully saturated rings. The normalized spacial score (nSPS) is 10.8. The number of aromatic nitrogens is 4. The molecule has 2 aromatic carbocycles. The summed E-state index contributed by atoms with van der Waals surface area (Å²) >= 11 is 9.62. The van der Waals surface area contributed by atoms with Crippen LogP contribution in [0.3, 0.4) is 0 Å². The number of benzene rings is 2. The van der Waals surface area contributed by atoms with Crippen LogP contribution in [0.5, 0.6) is 0 Å². The molecule has 0 aliphatic carbocycles. The number of nitrogens with zero attached hydrogens (tertiary/aromatic N) is 4. The molecule has 7 heteroatoms. The van der Waals surface area contributed by atoms with Crippen LogP contribution in [0.4, 0.5) is 5.69 Å². The van der Waals surface area contributed by atoms with Crippen LogP contribution in [0.15, 0.2) is 40.9 Å². The number of hydrogen-bond acceptors (Lipinski definition) is 4. The highest BCUT2D eigenvalue weighted by molar-refractivity contribution is 9.10. The van der Waals surface area contributed by atoms with Gasteiger partial charge in [0.1, 0.15) is 0 Å². The maximum absolute atomic E-state index is 6.05. The van der Waals surface area contributed by atoms with E-state index in [-0.39, 0.29) is 0 Å². The predicted octanol–water partition coefficient (Wildman–Crippen LogP) is 3.64. The van der Waals surface area contributed by atoms with Crippen molar-refractivity contribution in [3.63, 3.8) is 0 Å². The fraction of sp³-hybridized carbons (Fsp3) is 0.0714. The zero-order valence-corrected chi connectivity index (χ0v) is 13.4.